The van der Waals surface area contributed by atoms with Crippen molar-refractivity contribution in [2.75, 3.05) is 46.8 Å². The Bertz CT molecular complexity index is 736. The van der Waals surface area contributed by atoms with Gasteiger partial charge in [-0.25, -0.2) is 4.98 Å². The van der Waals surface area contributed by atoms with Crippen LogP contribution in [0.2, 0.25) is 0 Å². The molecule has 0 spiro atoms. The van der Waals surface area contributed by atoms with Gasteiger partial charge in [0.15, 0.2) is 22.6 Å². The number of aliphatic imine (C=N–C) groups is 1. The Kier molecular flexibility index (Phi) is 10.2. The number of hydrogen-bond acceptors (Lipinski definition) is 6. The number of anilines is 1. The molecule has 1 aromatic heterocycles. The highest BCUT2D eigenvalue weighted by molar-refractivity contribution is 14.0. The molecule has 0 amide bonds. The molecule has 7 nitrogen and oxygen atoms in total. The summed E-state index contributed by atoms with van der Waals surface area (Å²) in [6.07, 6.45) is 0.850. The summed E-state index contributed by atoms with van der Waals surface area (Å²) in [5, 5.41) is 9.65. The first-order valence-corrected chi connectivity index (χ1v) is 9.22. The predicted molar refractivity (Wildman–Crippen MR) is 123 cm³/mol. The topological polar surface area (TPSA) is 71.0 Å². The molecule has 0 bridgehead atoms. The van der Waals surface area contributed by atoms with Crippen molar-refractivity contribution in [2.24, 2.45) is 4.99 Å². The zero-order valence-electron chi connectivity index (χ0n) is 16.4. The van der Waals surface area contributed by atoms with Crippen LogP contribution in [0.25, 0.3) is 0 Å². The van der Waals surface area contributed by atoms with Gasteiger partial charge >= 0.3 is 0 Å². The monoisotopic (exact) mass is 505 g/mol. The lowest BCUT2D eigenvalue weighted by Gasteiger charge is -2.12. The highest BCUT2D eigenvalue weighted by Gasteiger charge is 2.06. The highest BCUT2D eigenvalue weighted by atomic mass is 127. The van der Waals surface area contributed by atoms with Gasteiger partial charge in [-0.1, -0.05) is 6.07 Å². The Labute approximate surface area is 182 Å². The molecule has 0 saturated carbocycles. The van der Waals surface area contributed by atoms with Crippen LogP contribution in [0, 0.1) is 0 Å². The molecule has 150 valence electrons. The lowest BCUT2D eigenvalue weighted by Crippen LogP contribution is -2.37. The largest absolute Gasteiger partial charge is 0.493 e. The van der Waals surface area contributed by atoms with Gasteiger partial charge in [0.05, 0.1) is 26.5 Å². The number of thiazole rings is 1. The van der Waals surface area contributed by atoms with Crippen molar-refractivity contribution in [3.63, 3.8) is 0 Å². The van der Waals surface area contributed by atoms with Crippen LogP contribution in [-0.2, 0) is 13.0 Å². The Balaban J connectivity index is 0.00000364. The van der Waals surface area contributed by atoms with E-state index in [1.807, 2.05) is 37.2 Å². The van der Waals surface area contributed by atoms with Crippen LogP contribution in [0.1, 0.15) is 11.3 Å². The number of rotatable bonds is 8. The molecule has 27 heavy (non-hydrogen) atoms. The van der Waals surface area contributed by atoms with E-state index in [1.54, 1.807) is 32.6 Å². The van der Waals surface area contributed by atoms with Gasteiger partial charge < -0.3 is 25.0 Å². The van der Waals surface area contributed by atoms with Crippen LogP contribution in [0.15, 0.2) is 28.6 Å². The van der Waals surface area contributed by atoms with E-state index in [0.29, 0.717) is 6.54 Å². The first-order valence-electron chi connectivity index (χ1n) is 8.34. The van der Waals surface area contributed by atoms with E-state index >= 15 is 0 Å². The van der Waals surface area contributed by atoms with E-state index in [-0.39, 0.29) is 24.0 Å². The second kappa shape index (κ2) is 11.9. The van der Waals surface area contributed by atoms with Crippen LogP contribution >= 0.6 is 35.3 Å². The summed E-state index contributed by atoms with van der Waals surface area (Å²) in [4.78, 5) is 10.8. The van der Waals surface area contributed by atoms with Crippen molar-refractivity contribution in [2.45, 2.75) is 13.0 Å². The molecule has 0 aliphatic rings. The second-order valence-corrected chi connectivity index (χ2v) is 6.64. The molecule has 0 unspecified atom stereocenters. The van der Waals surface area contributed by atoms with Crippen LogP contribution < -0.4 is 25.0 Å². The lowest BCUT2D eigenvalue weighted by molar-refractivity contribution is 0.354. The van der Waals surface area contributed by atoms with Crippen LogP contribution in [-0.4, -0.2) is 52.9 Å². The van der Waals surface area contributed by atoms with Gasteiger partial charge in [0.25, 0.3) is 0 Å². The number of ether oxygens (including phenoxy) is 2. The number of nitrogens with one attached hydrogen (secondary N) is 2. The predicted octanol–water partition coefficient (Wildman–Crippen LogP) is 2.75. The number of guanidine groups is 1. The standard InChI is InChI=1S/C18H27N5O2S.HI/c1-19-17(21-11-14-12-26-18(22-14)23(2)3)20-9-8-13-6-7-15(24-4)16(10-13)25-5;/h6-7,10,12H,8-9,11H2,1-5H3,(H2,19,20,21);1H. The minimum absolute atomic E-state index is 0. The third-order valence-electron chi connectivity index (χ3n) is 3.74. The maximum atomic E-state index is 5.34. The fraction of sp³-hybridized carbons (Fsp3) is 0.444. The average Bonchev–Trinajstić information content (AvgIpc) is 3.13. The van der Waals surface area contributed by atoms with Gasteiger partial charge in [-0.2, -0.15) is 0 Å². The number of hydrogen-bond donors (Lipinski definition) is 2. The fourth-order valence-electron chi connectivity index (χ4n) is 2.34. The van der Waals surface area contributed by atoms with Crippen molar-refractivity contribution < 1.29 is 9.47 Å². The van der Waals surface area contributed by atoms with Crippen molar-refractivity contribution in [3.05, 3.63) is 34.8 Å². The molecule has 2 N–H and O–H groups in total. The zero-order valence-corrected chi connectivity index (χ0v) is 19.6. The van der Waals surface area contributed by atoms with E-state index < -0.39 is 0 Å². The van der Waals surface area contributed by atoms with E-state index in [1.165, 1.54) is 5.56 Å². The quantitative estimate of drug-likeness (QED) is 0.327. The first kappa shape index (κ1) is 23.3. The minimum Gasteiger partial charge on any atom is -0.493 e. The maximum absolute atomic E-state index is 5.34. The van der Waals surface area contributed by atoms with E-state index in [2.05, 4.69) is 26.0 Å². The van der Waals surface area contributed by atoms with Gasteiger partial charge in [-0.05, 0) is 24.1 Å². The minimum atomic E-state index is 0. The number of halogens is 1. The van der Waals surface area contributed by atoms with Gasteiger partial charge in [0.1, 0.15) is 0 Å². The summed E-state index contributed by atoms with van der Waals surface area (Å²) in [5.41, 5.74) is 2.17. The zero-order chi connectivity index (χ0) is 18.9. The number of aromatic nitrogens is 1. The molecular formula is C18H28IN5O2S. The molecule has 1 heterocycles. The summed E-state index contributed by atoms with van der Waals surface area (Å²) in [6.45, 7) is 1.40. The SMILES string of the molecule is CN=C(NCCc1ccc(OC)c(OC)c1)NCc1csc(N(C)C)n1.I. The normalized spacial score (nSPS) is 10.8. The molecule has 2 aromatic rings. The maximum Gasteiger partial charge on any atom is 0.191 e. The Morgan fingerprint density at radius 3 is 2.52 bits per heavy atom. The summed E-state index contributed by atoms with van der Waals surface area (Å²) >= 11 is 1.63. The number of methoxy groups -OCH3 is 2. The van der Waals surface area contributed by atoms with Gasteiger partial charge in [-0.3, -0.25) is 4.99 Å². The summed E-state index contributed by atoms with van der Waals surface area (Å²) < 4.78 is 10.6. The summed E-state index contributed by atoms with van der Waals surface area (Å²) in [5.74, 6) is 2.24. The number of nitrogens with zero attached hydrogens (tertiary/aromatic N) is 3. The molecule has 0 atom stereocenters. The van der Waals surface area contributed by atoms with Crippen LogP contribution in [0.5, 0.6) is 11.5 Å². The molecule has 0 radical (unpaired) electrons. The average molecular weight is 505 g/mol. The van der Waals surface area contributed by atoms with E-state index in [9.17, 15) is 0 Å². The van der Waals surface area contributed by atoms with Gasteiger partial charge in [0, 0.05) is 33.1 Å². The molecule has 0 fully saturated rings. The molecule has 1 aromatic carbocycles. The van der Waals surface area contributed by atoms with E-state index in [4.69, 9.17) is 9.47 Å². The first-order chi connectivity index (χ1) is 12.6. The third-order valence-corrected chi connectivity index (χ3v) is 4.79. The lowest BCUT2D eigenvalue weighted by atomic mass is 10.1. The second-order valence-electron chi connectivity index (χ2n) is 5.81. The Morgan fingerprint density at radius 1 is 1.19 bits per heavy atom. The van der Waals surface area contributed by atoms with E-state index in [0.717, 1.165) is 41.2 Å². The van der Waals surface area contributed by atoms with Gasteiger partial charge in [-0.15, -0.1) is 35.3 Å². The van der Waals surface area contributed by atoms with Crippen molar-refractivity contribution in [3.8, 4) is 11.5 Å². The van der Waals surface area contributed by atoms with Crippen LogP contribution in [0.4, 0.5) is 5.13 Å². The van der Waals surface area contributed by atoms with Crippen molar-refractivity contribution in [1.29, 1.82) is 0 Å². The molecule has 2 rings (SSSR count). The smallest absolute Gasteiger partial charge is 0.191 e. The molecule has 0 aliphatic carbocycles. The molecular weight excluding hydrogens is 477 g/mol. The summed E-state index contributed by atoms with van der Waals surface area (Å²) in [7, 11) is 9.03. The molecule has 9 heteroatoms. The van der Waals surface area contributed by atoms with Crippen LogP contribution in [0.3, 0.4) is 0 Å². The number of benzene rings is 1. The molecule has 0 saturated heterocycles. The molecule has 0 aliphatic heterocycles. The van der Waals surface area contributed by atoms with Gasteiger partial charge in [0.2, 0.25) is 0 Å². The Morgan fingerprint density at radius 2 is 1.93 bits per heavy atom. The Hall–Kier alpha value is -1.75. The van der Waals surface area contributed by atoms with Crippen molar-refractivity contribution in [1.82, 2.24) is 15.6 Å². The fourth-order valence-corrected chi connectivity index (χ4v) is 3.10. The third kappa shape index (κ3) is 7.06. The highest BCUT2D eigenvalue weighted by Crippen LogP contribution is 2.27. The van der Waals surface area contributed by atoms with Crippen molar-refractivity contribution >= 4 is 46.4 Å². The summed E-state index contributed by atoms with van der Waals surface area (Å²) in [6, 6.07) is 5.96.